The SMILES string of the molecule is O=S([O-])NCc1cc(Cl)cc(-c2ccc(Oc3ccc(F)cc3)cc2)n1. The van der Waals surface area contributed by atoms with E-state index in [1.165, 1.54) is 12.1 Å². The van der Waals surface area contributed by atoms with Crippen molar-refractivity contribution in [2.45, 2.75) is 6.54 Å². The molecule has 1 atom stereocenters. The Balaban J connectivity index is 1.77. The lowest BCUT2D eigenvalue weighted by Gasteiger charge is -2.10. The fourth-order valence-corrected chi connectivity index (χ4v) is 2.75. The average Bonchev–Trinajstić information content (AvgIpc) is 2.62. The Kier molecular flexibility index (Phi) is 5.95. The quantitative estimate of drug-likeness (QED) is 0.638. The maximum atomic E-state index is 12.9. The van der Waals surface area contributed by atoms with Crippen LogP contribution in [0.5, 0.6) is 11.5 Å². The number of ether oxygens (including phenoxy) is 1. The molecule has 0 saturated heterocycles. The second-order valence-corrected chi connectivity index (χ2v) is 6.49. The first kappa shape index (κ1) is 18.5. The lowest BCUT2D eigenvalue weighted by Crippen LogP contribution is -2.16. The van der Waals surface area contributed by atoms with Crippen LogP contribution in [-0.2, 0) is 17.8 Å². The second-order valence-electron chi connectivity index (χ2n) is 5.30. The van der Waals surface area contributed by atoms with E-state index < -0.39 is 11.3 Å². The van der Waals surface area contributed by atoms with Crippen LogP contribution in [0.1, 0.15) is 5.69 Å². The van der Waals surface area contributed by atoms with E-state index in [9.17, 15) is 13.2 Å². The minimum absolute atomic E-state index is 0.0510. The van der Waals surface area contributed by atoms with E-state index in [4.69, 9.17) is 16.3 Å². The number of pyridine rings is 1. The molecule has 1 unspecified atom stereocenters. The van der Waals surface area contributed by atoms with Crippen LogP contribution in [0, 0.1) is 5.82 Å². The Morgan fingerprint density at radius 2 is 1.69 bits per heavy atom. The Morgan fingerprint density at radius 1 is 1.08 bits per heavy atom. The molecule has 0 spiro atoms. The number of halogens is 2. The molecule has 2 aromatic carbocycles. The van der Waals surface area contributed by atoms with Gasteiger partial charge in [-0.1, -0.05) is 11.6 Å². The molecule has 134 valence electrons. The number of hydrogen-bond acceptors (Lipinski definition) is 4. The van der Waals surface area contributed by atoms with Crippen LogP contribution in [0.3, 0.4) is 0 Å². The normalized spacial score (nSPS) is 12.0. The number of aromatic nitrogens is 1. The summed E-state index contributed by atoms with van der Waals surface area (Å²) in [6.45, 7) is 0.0510. The van der Waals surface area contributed by atoms with Gasteiger partial charge in [-0.15, -0.1) is 0 Å². The van der Waals surface area contributed by atoms with Crippen LogP contribution in [0.25, 0.3) is 11.3 Å². The van der Waals surface area contributed by atoms with Gasteiger partial charge >= 0.3 is 0 Å². The smallest absolute Gasteiger partial charge is 0.127 e. The van der Waals surface area contributed by atoms with Gasteiger partial charge in [0, 0.05) is 28.4 Å². The molecule has 26 heavy (non-hydrogen) atoms. The van der Waals surface area contributed by atoms with Gasteiger partial charge in [-0.05, 0) is 60.7 Å². The molecule has 8 heteroatoms. The molecular weight excluding hydrogens is 379 g/mol. The number of nitrogens with zero attached hydrogens (tertiary/aromatic N) is 1. The van der Waals surface area contributed by atoms with Crippen LogP contribution in [0.4, 0.5) is 4.39 Å². The molecule has 1 aromatic heterocycles. The molecule has 3 rings (SSSR count). The predicted molar refractivity (Wildman–Crippen MR) is 96.9 cm³/mol. The Bertz CT molecular complexity index is 921. The zero-order valence-corrected chi connectivity index (χ0v) is 14.9. The van der Waals surface area contributed by atoms with Crippen molar-refractivity contribution in [3.8, 4) is 22.8 Å². The van der Waals surface area contributed by atoms with Gasteiger partial charge in [0.25, 0.3) is 0 Å². The Hall–Kier alpha value is -2.32. The highest BCUT2D eigenvalue weighted by atomic mass is 35.5. The summed E-state index contributed by atoms with van der Waals surface area (Å²) in [5, 5.41) is 0.454. The Labute approximate surface area is 157 Å². The van der Waals surface area contributed by atoms with Crippen LogP contribution < -0.4 is 9.46 Å². The molecule has 1 heterocycles. The lowest BCUT2D eigenvalue weighted by molar-refractivity contribution is 0.480. The number of benzene rings is 2. The molecular formula is C18H13ClFN2O3S-. The first-order chi connectivity index (χ1) is 12.5. The summed E-state index contributed by atoms with van der Waals surface area (Å²) in [5.74, 6) is 0.788. The van der Waals surface area contributed by atoms with Gasteiger partial charge in [-0.2, -0.15) is 0 Å². The van der Waals surface area contributed by atoms with Gasteiger partial charge in [-0.25, -0.2) is 9.11 Å². The van der Waals surface area contributed by atoms with Gasteiger partial charge in [0.2, 0.25) is 0 Å². The predicted octanol–water partition coefficient (Wildman–Crippen LogP) is 4.22. The van der Waals surface area contributed by atoms with Crippen molar-refractivity contribution in [3.63, 3.8) is 0 Å². The van der Waals surface area contributed by atoms with Gasteiger partial charge < -0.3 is 9.29 Å². The summed E-state index contributed by atoms with van der Waals surface area (Å²) in [6, 6.07) is 16.1. The maximum Gasteiger partial charge on any atom is 0.127 e. The summed E-state index contributed by atoms with van der Waals surface area (Å²) < 4.78 is 42.0. The van der Waals surface area contributed by atoms with Crippen molar-refractivity contribution in [1.29, 1.82) is 0 Å². The fourth-order valence-electron chi connectivity index (χ4n) is 2.25. The molecule has 0 aliphatic rings. The van der Waals surface area contributed by atoms with Crippen molar-refractivity contribution in [2.24, 2.45) is 0 Å². The van der Waals surface area contributed by atoms with Gasteiger partial charge in [0.15, 0.2) is 0 Å². The lowest BCUT2D eigenvalue weighted by atomic mass is 10.1. The van der Waals surface area contributed by atoms with E-state index in [1.54, 1.807) is 48.5 Å². The number of rotatable bonds is 6. The summed E-state index contributed by atoms with van der Waals surface area (Å²) >= 11 is 3.72. The third-order valence-electron chi connectivity index (χ3n) is 3.41. The highest BCUT2D eigenvalue weighted by molar-refractivity contribution is 7.77. The van der Waals surface area contributed by atoms with E-state index in [0.29, 0.717) is 27.9 Å². The molecule has 0 radical (unpaired) electrons. The van der Waals surface area contributed by atoms with Crippen LogP contribution >= 0.6 is 11.6 Å². The summed E-state index contributed by atoms with van der Waals surface area (Å²) in [5.41, 5.74) is 1.91. The van der Waals surface area contributed by atoms with Crippen molar-refractivity contribution >= 4 is 22.9 Å². The van der Waals surface area contributed by atoms with Crippen molar-refractivity contribution in [3.05, 3.63) is 77.2 Å². The third-order valence-corrected chi connectivity index (χ3v) is 4.01. The summed E-state index contributed by atoms with van der Waals surface area (Å²) in [7, 11) is 0. The van der Waals surface area contributed by atoms with E-state index in [1.807, 2.05) is 0 Å². The van der Waals surface area contributed by atoms with Gasteiger partial charge in [0.1, 0.15) is 17.3 Å². The molecule has 5 nitrogen and oxygen atoms in total. The van der Waals surface area contributed by atoms with Gasteiger partial charge in [-0.3, -0.25) is 9.19 Å². The number of nitrogens with one attached hydrogen (secondary N) is 1. The van der Waals surface area contributed by atoms with Crippen molar-refractivity contribution in [2.75, 3.05) is 0 Å². The van der Waals surface area contributed by atoms with Crippen LogP contribution in [0.2, 0.25) is 5.02 Å². The molecule has 0 saturated carbocycles. The molecule has 3 aromatic rings. The molecule has 0 bridgehead atoms. The molecule has 0 aliphatic carbocycles. The zero-order chi connectivity index (χ0) is 18.5. The molecule has 1 N–H and O–H groups in total. The van der Waals surface area contributed by atoms with E-state index in [-0.39, 0.29) is 12.4 Å². The van der Waals surface area contributed by atoms with E-state index in [0.717, 1.165) is 5.56 Å². The molecule has 0 fully saturated rings. The number of hydrogen-bond donors (Lipinski definition) is 1. The fraction of sp³-hybridized carbons (Fsp3) is 0.0556. The standard InChI is InChI=1S/C18H14ClFN2O3S/c19-13-9-15(11-21-26(23)24)22-18(10-13)12-1-5-16(6-2-12)25-17-7-3-14(20)4-8-17/h1-10,21H,11H2,(H,23,24)/p-1. The van der Waals surface area contributed by atoms with Crippen LogP contribution in [-0.4, -0.2) is 13.7 Å². The van der Waals surface area contributed by atoms with E-state index >= 15 is 0 Å². The Morgan fingerprint density at radius 3 is 2.31 bits per heavy atom. The molecule has 0 amide bonds. The minimum Gasteiger partial charge on any atom is -0.760 e. The monoisotopic (exact) mass is 391 g/mol. The first-order valence-electron chi connectivity index (χ1n) is 7.53. The van der Waals surface area contributed by atoms with Crippen molar-refractivity contribution < 1.29 is 17.9 Å². The minimum atomic E-state index is -2.37. The summed E-state index contributed by atoms with van der Waals surface area (Å²) in [6.07, 6.45) is 0. The molecule has 0 aliphatic heterocycles. The maximum absolute atomic E-state index is 12.9. The topological polar surface area (TPSA) is 74.3 Å². The zero-order valence-electron chi connectivity index (χ0n) is 13.3. The van der Waals surface area contributed by atoms with Crippen molar-refractivity contribution in [1.82, 2.24) is 9.71 Å². The third kappa shape index (κ3) is 5.09. The van der Waals surface area contributed by atoms with E-state index in [2.05, 4.69) is 9.71 Å². The second kappa shape index (κ2) is 8.37. The highest BCUT2D eigenvalue weighted by Gasteiger charge is 2.06. The highest BCUT2D eigenvalue weighted by Crippen LogP contribution is 2.27. The van der Waals surface area contributed by atoms with Gasteiger partial charge in [0.05, 0.1) is 11.4 Å². The average molecular weight is 392 g/mol. The first-order valence-corrected chi connectivity index (χ1v) is 8.98. The summed E-state index contributed by atoms with van der Waals surface area (Å²) in [4.78, 5) is 4.40. The largest absolute Gasteiger partial charge is 0.760 e. The van der Waals surface area contributed by atoms with Crippen LogP contribution in [0.15, 0.2) is 60.7 Å².